The fourth-order valence-corrected chi connectivity index (χ4v) is 2.03. The van der Waals surface area contributed by atoms with Crippen LogP contribution >= 0.6 is 11.6 Å². The fourth-order valence-electron chi connectivity index (χ4n) is 1.75. The smallest absolute Gasteiger partial charge is 0.207 e. The van der Waals surface area contributed by atoms with Crippen LogP contribution in [0.25, 0.3) is 11.1 Å². The molecule has 0 fully saturated rings. The van der Waals surface area contributed by atoms with E-state index in [0.717, 1.165) is 6.07 Å². The third-order valence-electron chi connectivity index (χ3n) is 2.73. The van der Waals surface area contributed by atoms with E-state index in [1.165, 1.54) is 0 Å². The molecule has 0 aliphatic rings. The van der Waals surface area contributed by atoms with Gasteiger partial charge in [0.25, 0.3) is 0 Å². The summed E-state index contributed by atoms with van der Waals surface area (Å²) >= 11 is 5.65. The molecule has 0 aliphatic heterocycles. The first kappa shape index (κ1) is 16.6. The van der Waals surface area contributed by atoms with Crippen molar-refractivity contribution in [1.82, 2.24) is 0 Å². The third kappa shape index (κ3) is 3.52. The summed E-state index contributed by atoms with van der Waals surface area (Å²) in [5, 5.41) is -0.478. The SMILES string of the molecule is Fc1cc(-c2[c]cc(C(F)(F)F)cc2Cl)cc(C(F)(F)F)c1. The first-order valence-electron chi connectivity index (χ1n) is 5.65. The molecular formula is C14H5ClF7. The molecule has 1 radical (unpaired) electrons. The molecule has 0 heterocycles. The Morgan fingerprint density at radius 1 is 0.818 bits per heavy atom. The van der Waals surface area contributed by atoms with Gasteiger partial charge in [0.15, 0.2) is 0 Å². The predicted octanol–water partition coefficient (Wildman–Crippen LogP) is 5.98. The number of benzene rings is 2. The monoisotopic (exact) mass is 341 g/mol. The van der Waals surface area contributed by atoms with Crippen molar-refractivity contribution in [1.29, 1.82) is 0 Å². The van der Waals surface area contributed by atoms with Crippen LogP contribution in [0, 0.1) is 11.9 Å². The Morgan fingerprint density at radius 2 is 1.41 bits per heavy atom. The summed E-state index contributed by atoms with van der Waals surface area (Å²) in [6, 6.07) is 4.84. The molecule has 0 spiro atoms. The van der Waals surface area contributed by atoms with Gasteiger partial charge in [0, 0.05) is 10.6 Å². The van der Waals surface area contributed by atoms with Gasteiger partial charge in [0.1, 0.15) is 5.82 Å². The van der Waals surface area contributed by atoms with Crippen LogP contribution in [-0.2, 0) is 12.4 Å². The summed E-state index contributed by atoms with van der Waals surface area (Å²) in [6.07, 6.45) is -9.47. The highest BCUT2D eigenvalue weighted by atomic mass is 35.5. The van der Waals surface area contributed by atoms with E-state index in [9.17, 15) is 30.7 Å². The average molecular weight is 342 g/mol. The number of alkyl halides is 6. The number of halogens is 8. The van der Waals surface area contributed by atoms with Crippen LogP contribution in [-0.4, -0.2) is 0 Å². The van der Waals surface area contributed by atoms with Gasteiger partial charge in [0.05, 0.1) is 11.1 Å². The van der Waals surface area contributed by atoms with Gasteiger partial charge in [-0.3, -0.25) is 0 Å². The summed E-state index contributed by atoms with van der Waals surface area (Å²) in [6.45, 7) is 0. The molecule has 2 aromatic rings. The number of hydrogen-bond acceptors (Lipinski definition) is 0. The Labute approximate surface area is 125 Å². The summed E-state index contributed by atoms with van der Waals surface area (Å²) < 4.78 is 88.7. The molecule has 0 aromatic heterocycles. The molecule has 2 rings (SSSR count). The van der Waals surface area contributed by atoms with Gasteiger partial charge in [-0.05, 0) is 42.0 Å². The molecular weight excluding hydrogens is 337 g/mol. The molecule has 0 atom stereocenters. The highest BCUT2D eigenvalue weighted by Gasteiger charge is 2.33. The molecule has 0 unspecified atom stereocenters. The van der Waals surface area contributed by atoms with Gasteiger partial charge >= 0.3 is 12.4 Å². The Balaban J connectivity index is 2.55. The first-order valence-corrected chi connectivity index (χ1v) is 6.03. The Hall–Kier alpha value is -1.76. The topological polar surface area (TPSA) is 0 Å². The molecule has 0 N–H and O–H groups in total. The Kier molecular flexibility index (Phi) is 4.12. The van der Waals surface area contributed by atoms with E-state index in [4.69, 9.17) is 11.6 Å². The molecule has 0 saturated carbocycles. The minimum atomic E-state index is -4.80. The van der Waals surface area contributed by atoms with Crippen molar-refractivity contribution >= 4 is 11.6 Å². The van der Waals surface area contributed by atoms with Gasteiger partial charge in [-0.15, -0.1) is 0 Å². The van der Waals surface area contributed by atoms with Crippen LogP contribution in [0.4, 0.5) is 30.7 Å². The van der Waals surface area contributed by atoms with E-state index in [2.05, 4.69) is 6.07 Å². The largest absolute Gasteiger partial charge is 0.416 e. The highest BCUT2D eigenvalue weighted by Crippen LogP contribution is 2.37. The second kappa shape index (κ2) is 5.46. The fraction of sp³-hybridized carbons (Fsp3) is 0.143. The second-order valence-electron chi connectivity index (χ2n) is 4.34. The van der Waals surface area contributed by atoms with E-state index in [-0.39, 0.29) is 17.2 Å². The van der Waals surface area contributed by atoms with Crippen molar-refractivity contribution in [3.05, 3.63) is 58.4 Å². The molecule has 22 heavy (non-hydrogen) atoms. The molecule has 2 aromatic carbocycles. The van der Waals surface area contributed by atoms with Crippen LogP contribution in [0.3, 0.4) is 0 Å². The highest BCUT2D eigenvalue weighted by molar-refractivity contribution is 6.33. The molecule has 0 aliphatic carbocycles. The van der Waals surface area contributed by atoms with Gasteiger partial charge in [0.2, 0.25) is 0 Å². The van der Waals surface area contributed by atoms with Gasteiger partial charge in [-0.1, -0.05) is 11.6 Å². The normalized spacial score (nSPS) is 12.5. The van der Waals surface area contributed by atoms with Crippen molar-refractivity contribution in [2.45, 2.75) is 12.4 Å². The van der Waals surface area contributed by atoms with Crippen LogP contribution < -0.4 is 0 Å². The van der Waals surface area contributed by atoms with Gasteiger partial charge in [-0.25, -0.2) is 4.39 Å². The second-order valence-corrected chi connectivity index (χ2v) is 4.74. The average Bonchev–Trinajstić information content (AvgIpc) is 2.35. The van der Waals surface area contributed by atoms with E-state index >= 15 is 0 Å². The molecule has 0 saturated heterocycles. The van der Waals surface area contributed by atoms with Gasteiger partial charge < -0.3 is 0 Å². The quantitative estimate of drug-likeness (QED) is 0.559. The van der Waals surface area contributed by atoms with Gasteiger partial charge in [-0.2, -0.15) is 26.3 Å². The maximum atomic E-state index is 13.3. The van der Waals surface area contributed by atoms with Crippen LogP contribution in [0.1, 0.15) is 11.1 Å². The maximum absolute atomic E-state index is 13.3. The molecule has 0 amide bonds. The van der Waals surface area contributed by atoms with Crippen molar-refractivity contribution in [3.8, 4) is 11.1 Å². The molecule has 0 bridgehead atoms. The molecule has 8 heteroatoms. The van der Waals surface area contributed by atoms with E-state index in [1.54, 1.807) is 0 Å². The standard InChI is InChI=1S/C14H5ClF7/c15-12-6-8(13(17,18)19)1-2-11(12)7-3-9(14(20,21)22)5-10(16)4-7/h1,3-6H. The van der Waals surface area contributed by atoms with E-state index in [1.807, 2.05) is 0 Å². The summed E-state index contributed by atoms with van der Waals surface area (Å²) in [7, 11) is 0. The Morgan fingerprint density at radius 3 is 1.91 bits per heavy atom. The minimum absolute atomic E-state index is 0.250. The van der Waals surface area contributed by atoms with Crippen molar-refractivity contribution in [3.63, 3.8) is 0 Å². The maximum Gasteiger partial charge on any atom is 0.416 e. The summed E-state index contributed by atoms with van der Waals surface area (Å²) in [4.78, 5) is 0. The lowest BCUT2D eigenvalue weighted by molar-refractivity contribution is -0.138. The Bertz CT molecular complexity index is 701. The van der Waals surface area contributed by atoms with Crippen molar-refractivity contribution in [2.24, 2.45) is 0 Å². The lowest BCUT2D eigenvalue weighted by Gasteiger charge is -2.12. The zero-order chi connectivity index (χ0) is 16.7. The van der Waals surface area contributed by atoms with Crippen LogP contribution in [0.15, 0.2) is 30.3 Å². The van der Waals surface area contributed by atoms with Crippen LogP contribution in [0.5, 0.6) is 0 Å². The lowest BCUT2D eigenvalue weighted by Crippen LogP contribution is -2.06. The van der Waals surface area contributed by atoms with E-state index in [0.29, 0.717) is 18.2 Å². The number of hydrogen-bond donors (Lipinski definition) is 0. The zero-order valence-corrected chi connectivity index (χ0v) is 11.2. The van der Waals surface area contributed by atoms with Crippen molar-refractivity contribution < 1.29 is 30.7 Å². The summed E-state index contributed by atoms with van der Waals surface area (Å²) in [5.74, 6) is -1.19. The molecule has 117 valence electrons. The third-order valence-corrected chi connectivity index (χ3v) is 3.03. The predicted molar refractivity (Wildman–Crippen MR) is 65.7 cm³/mol. The minimum Gasteiger partial charge on any atom is -0.207 e. The van der Waals surface area contributed by atoms with Crippen LogP contribution in [0.2, 0.25) is 5.02 Å². The molecule has 0 nitrogen and oxygen atoms in total. The number of rotatable bonds is 1. The zero-order valence-electron chi connectivity index (χ0n) is 10.4. The van der Waals surface area contributed by atoms with E-state index < -0.39 is 34.3 Å². The first-order chi connectivity index (χ1) is 9.98. The summed E-state index contributed by atoms with van der Waals surface area (Å²) in [5.41, 5.74) is -2.94. The van der Waals surface area contributed by atoms with Crippen molar-refractivity contribution in [2.75, 3.05) is 0 Å². The lowest BCUT2D eigenvalue weighted by atomic mass is 10.0.